The van der Waals surface area contributed by atoms with E-state index in [1.54, 1.807) is 0 Å². The molecule has 0 aromatic carbocycles. The highest BCUT2D eigenvalue weighted by Crippen LogP contribution is 2.25. The van der Waals surface area contributed by atoms with E-state index in [0.717, 1.165) is 0 Å². The summed E-state index contributed by atoms with van der Waals surface area (Å²) in [5, 5.41) is 9.18. The predicted octanol–water partition coefficient (Wildman–Crippen LogP) is -0.742. The molecule has 0 aromatic heterocycles. The van der Waals surface area contributed by atoms with E-state index in [1.165, 1.54) is 7.11 Å². The number of ether oxygens (including phenoxy) is 1. The van der Waals surface area contributed by atoms with Gasteiger partial charge in [0.25, 0.3) is 0 Å². The Morgan fingerprint density at radius 1 is 1.64 bits per heavy atom. The van der Waals surface area contributed by atoms with E-state index in [9.17, 15) is 9.90 Å². The van der Waals surface area contributed by atoms with Crippen LogP contribution in [0.3, 0.4) is 0 Å². The lowest BCUT2D eigenvalue weighted by molar-refractivity contribution is -0.145. The van der Waals surface area contributed by atoms with Crippen LogP contribution >= 0.6 is 0 Å². The average Bonchev–Trinajstić information content (AvgIpc) is 2.31. The van der Waals surface area contributed by atoms with Gasteiger partial charge in [0.15, 0.2) is 0 Å². The van der Waals surface area contributed by atoms with Crippen molar-refractivity contribution in [2.24, 2.45) is 11.7 Å². The van der Waals surface area contributed by atoms with Crippen molar-refractivity contribution < 1.29 is 14.6 Å². The van der Waals surface area contributed by atoms with Crippen molar-refractivity contribution in [1.82, 2.24) is 0 Å². The Hall–Kier alpha value is -0.610. The van der Waals surface area contributed by atoms with Gasteiger partial charge < -0.3 is 15.6 Å². The van der Waals surface area contributed by atoms with Crippen molar-refractivity contribution in [3.8, 4) is 0 Å². The Bertz CT molecular complexity index is 150. The van der Waals surface area contributed by atoms with Gasteiger partial charge in [-0.25, -0.2) is 0 Å². The van der Waals surface area contributed by atoms with Gasteiger partial charge in [-0.05, 0) is 12.8 Å². The minimum absolute atomic E-state index is 0.204. The first kappa shape index (κ1) is 8.49. The Kier molecular flexibility index (Phi) is 2.46. The first-order valence-corrected chi connectivity index (χ1v) is 3.66. The largest absolute Gasteiger partial charge is 0.469 e. The molecule has 0 unspecified atom stereocenters. The number of rotatable bonds is 1. The fourth-order valence-corrected chi connectivity index (χ4v) is 1.41. The van der Waals surface area contributed by atoms with Crippen molar-refractivity contribution in [3.63, 3.8) is 0 Å². The summed E-state index contributed by atoms with van der Waals surface area (Å²) in [6.07, 6.45) is 0.431. The maximum absolute atomic E-state index is 10.9. The van der Waals surface area contributed by atoms with E-state index in [0.29, 0.717) is 12.8 Å². The molecule has 0 saturated heterocycles. The predicted molar refractivity (Wildman–Crippen MR) is 38.7 cm³/mol. The van der Waals surface area contributed by atoms with Crippen LogP contribution in [-0.4, -0.2) is 30.3 Å². The first-order valence-electron chi connectivity index (χ1n) is 3.66. The van der Waals surface area contributed by atoms with Gasteiger partial charge in [-0.2, -0.15) is 0 Å². The van der Waals surface area contributed by atoms with E-state index in [1.807, 2.05) is 0 Å². The van der Waals surface area contributed by atoms with Crippen LogP contribution in [0.4, 0.5) is 0 Å². The zero-order chi connectivity index (χ0) is 8.43. The van der Waals surface area contributed by atoms with Gasteiger partial charge in [0.1, 0.15) is 0 Å². The topological polar surface area (TPSA) is 72.5 Å². The molecule has 0 heterocycles. The zero-order valence-electron chi connectivity index (χ0n) is 6.49. The Balaban J connectivity index is 2.46. The molecule has 1 rings (SSSR count). The highest BCUT2D eigenvalue weighted by Gasteiger charge is 2.35. The van der Waals surface area contributed by atoms with E-state index in [2.05, 4.69) is 4.74 Å². The third-order valence-electron chi connectivity index (χ3n) is 2.11. The minimum atomic E-state index is -0.543. The molecule has 0 aliphatic heterocycles. The lowest BCUT2D eigenvalue weighted by atomic mass is 10.1. The van der Waals surface area contributed by atoms with Gasteiger partial charge in [-0.1, -0.05) is 0 Å². The van der Waals surface area contributed by atoms with Gasteiger partial charge in [-0.3, -0.25) is 4.79 Å². The molecule has 3 atom stereocenters. The monoisotopic (exact) mass is 159 g/mol. The van der Waals surface area contributed by atoms with E-state index in [4.69, 9.17) is 5.73 Å². The highest BCUT2D eigenvalue weighted by atomic mass is 16.5. The van der Waals surface area contributed by atoms with Crippen LogP contribution in [0.1, 0.15) is 12.8 Å². The molecule has 1 aliphatic rings. The number of esters is 1. The van der Waals surface area contributed by atoms with Crippen molar-refractivity contribution in [1.29, 1.82) is 0 Å². The lowest BCUT2D eigenvalue weighted by Crippen LogP contribution is -2.28. The number of carbonyl (C=O) groups is 1. The number of hydrogen-bond acceptors (Lipinski definition) is 4. The van der Waals surface area contributed by atoms with E-state index in [-0.39, 0.29) is 17.9 Å². The summed E-state index contributed by atoms with van der Waals surface area (Å²) in [5.41, 5.74) is 5.50. The number of hydrogen-bond donors (Lipinski definition) is 2. The molecule has 0 spiro atoms. The maximum atomic E-state index is 10.9. The summed E-state index contributed by atoms with van der Waals surface area (Å²) in [4.78, 5) is 10.9. The molecular weight excluding hydrogens is 146 g/mol. The molecule has 1 saturated carbocycles. The van der Waals surface area contributed by atoms with Gasteiger partial charge in [0.2, 0.25) is 0 Å². The third-order valence-corrected chi connectivity index (χ3v) is 2.11. The molecule has 0 radical (unpaired) electrons. The van der Waals surface area contributed by atoms with Crippen LogP contribution in [0, 0.1) is 5.92 Å². The molecule has 0 aromatic rings. The summed E-state index contributed by atoms with van der Waals surface area (Å²) in [6.45, 7) is 0. The normalized spacial score (nSPS) is 37.2. The van der Waals surface area contributed by atoms with Crippen LogP contribution in [-0.2, 0) is 9.53 Å². The summed E-state index contributed by atoms with van der Waals surface area (Å²) in [7, 11) is 1.35. The lowest BCUT2D eigenvalue weighted by Gasteiger charge is -2.04. The Morgan fingerprint density at radius 2 is 2.27 bits per heavy atom. The zero-order valence-corrected chi connectivity index (χ0v) is 6.49. The van der Waals surface area contributed by atoms with Crippen LogP contribution in [0.15, 0.2) is 0 Å². The smallest absolute Gasteiger partial charge is 0.308 e. The SMILES string of the molecule is COC(=O)[C@H]1C[C@@H](N)[C@H](O)C1. The molecule has 0 amide bonds. The molecular formula is C7H13NO3. The summed E-state index contributed by atoms with van der Waals surface area (Å²) in [5.74, 6) is -0.470. The van der Waals surface area contributed by atoms with Crippen LogP contribution < -0.4 is 5.73 Å². The van der Waals surface area contributed by atoms with Crippen LogP contribution in [0.2, 0.25) is 0 Å². The summed E-state index contributed by atoms with van der Waals surface area (Å²) < 4.78 is 4.53. The van der Waals surface area contributed by atoms with Crippen LogP contribution in [0.25, 0.3) is 0 Å². The van der Waals surface area contributed by atoms with Gasteiger partial charge >= 0.3 is 5.97 Å². The fraction of sp³-hybridized carbons (Fsp3) is 0.857. The molecule has 4 heteroatoms. The summed E-state index contributed by atoms with van der Waals surface area (Å²) >= 11 is 0. The standard InChI is InChI=1S/C7H13NO3/c1-11-7(10)4-2-5(8)6(9)3-4/h4-6,9H,2-3,8H2,1H3/t4-,5+,6+/m0/s1. The average molecular weight is 159 g/mol. The number of aliphatic hydroxyl groups excluding tert-OH is 1. The number of aliphatic hydroxyl groups is 1. The number of methoxy groups -OCH3 is 1. The maximum Gasteiger partial charge on any atom is 0.308 e. The van der Waals surface area contributed by atoms with Crippen molar-refractivity contribution in [2.75, 3.05) is 7.11 Å². The summed E-state index contributed by atoms with van der Waals surface area (Å²) in [6, 6.07) is -0.265. The van der Waals surface area contributed by atoms with Crippen molar-refractivity contribution in [2.45, 2.75) is 25.0 Å². The molecule has 1 fully saturated rings. The number of nitrogens with two attached hydrogens (primary N) is 1. The molecule has 0 bridgehead atoms. The fourth-order valence-electron chi connectivity index (χ4n) is 1.41. The minimum Gasteiger partial charge on any atom is -0.469 e. The first-order chi connectivity index (χ1) is 5.15. The quantitative estimate of drug-likeness (QED) is 0.494. The van der Waals surface area contributed by atoms with E-state index >= 15 is 0 Å². The third kappa shape index (κ3) is 1.70. The van der Waals surface area contributed by atoms with Gasteiger partial charge in [0, 0.05) is 6.04 Å². The second-order valence-electron chi connectivity index (χ2n) is 2.92. The molecule has 3 N–H and O–H groups in total. The number of carbonyl (C=O) groups excluding carboxylic acids is 1. The molecule has 1 aliphatic carbocycles. The second kappa shape index (κ2) is 3.19. The highest BCUT2D eigenvalue weighted by molar-refractivity contribution is 5.72. The Labute approximate surface area is 65.3 Å². The van der Waals surface area contributed by atoms with Gasteiger partial charge in [-0.15, -0.1) is 0 Å². The molecule has 64 valence electrons. The van der Waals surface area contributed by atoms with Crippen molar-refractivity contribution in [3.05, 3.63) is 0 Å². The van der Waals surface area contributed by atoms with Crippen molar-refractivity contribution >= 4 is 5.97 Å². The van der Waals surface area contributed by atoms with E-state index < -0.39 is 6.10 Å². The van der Waals surface area contributed by atoms with Crippen LogP contribution in [0.5, 0.6) is 0 Å². The Morgan fingerprint density at radius 3 is 2.64 bits per heavy atom. The molecule has 4 nitrogen and oxygen atoms in total. The van der Waals surface area contributed by atoms with Gasteiger partial charge in [0.05, 0.1) is 19.1 Å². The second-order valence-corrected chi connectivity index (χ2v) is 2.92. The molecule has 11 heavy (non-hydrogen) atoms.